The fourth-order valence-electron chi connectivity index (χ4n) is 3.51. The number of benzene rings is 1. The summed E-state index contributed by atoms with van der Waals surface area (Å²) in [6.07, 6.45) is 2.45. The molecular weight excluding hydrogens is 374 g/mol. The van der Waals surface area contributed by atoms with Crippen LogP contribution in [-0.4, -0.2) is 40.4 Å². The van der Waals surface area contributed by atoms with Crippen LogP contribution in [0.3, 0.4) is 0 Å². The molecule has 0 spiro atoms. The van der Waals surface area contributed by atoms with Gasteiger partial charge < -0.3 is 14.6 Å². The molecule has 1 aliphatic rings. The first kappa shape index (κ1) is 18.7. The molecule has 0 saturated carbocycles. The number of thiazole rings is 1. The highest BCUT2D eigenvalue weighted by atomic mass is 32.1. The minimum Gasteiger partial charge on any atom is -0.465 e. The van der Waals surface area contributed by atoms with Crippen LogP contribution in [0.25, 0.3) is 10.9 Å². The molecule has 28 heavy (non-hydrogen) atoms. The average Bonchev–Trinajstić information content (AvgIpc) is 3.30. The van der Waals surface area contributed by atoms with Crippen molar-refractivity contribution < 1.29 is 14.3 Å². The van der Waals surface area contributed by atoms with Crippen molar-refractivity contribution in [1.82, 2.24) is 14.9 Å². The van der Waals surface area contributed by atoms with Gasteiger partial charge in [0.05, 0.1) is 23.9 Å². The van der Waals surface area contributed by atoms with Crippen molar-refractivity contribution in [3.8, 4) is 0 Å². The number of rotatable bonds is 2. The van der Waals surface area contributed by atoms with Crippen LogP contribution in [0.5, 0.6) is 0 Å². The van der Waals surface area contributed by atoms with E-state index in [2.05, 4.69) is 30.7 Å². The van der Waals surface area contributed by atoms with Crippen molar-refractivity contribution in [2.75, 3.05) is 13.7 Å². The normalized spacial score (nSPS) is 14.2. The second-order valence-electron chi connectivity index (χ2n) is 8.09. The molecule has 1 N–H and O–H groups in total. The van der Waals surface area contributed by atoms with E-state index in [4.69, 9.17) is 4.74 Å². The number of H-pyrrole nitrogens is 1. The van der Waals surface area contributed by atoms with E-state index in [-0.39, 0.29) is 17.3 Å². The van der Waals surface area contributed by atoms with Gasteiger partial charge in [-0.05, 0) is 18.2 Å². The second kappa shape index (κ2) is 6.74. The number of methoxy groups -OCH3 is 1. The first-order valence-electron chi connectivity index (χ1n) is 9.25. The largest absolute Gasteiger partial charge is 0.465 e. The SMILES string of the molecule is COC(=O)c1ccc2[nH]c3c(c2c1)CN(C(=O)c1cnc(C(C)(C)C)s1)CC3. The summed E-state index contributed by atoms with van der Waals surface area (Å²) in [4.78, 5) is 35.3. The van der Waals surface area contributed by atoms with Crippen molar-refractivity contribution in [3.05, 3.63) is 51.1 Å². The fraction of sp³-hybridized carbons (Fsp3) is 0.381. The quantitative estimate of drug-likeness (QED) is 0.666. The number of hydrogen-bond acceptors (Lipinski definition) is 5. The van der Waals surface area contributed by atoms with Crippen molar-refractivity contribution in [1.29, 1.82) is 0 Å². The monoisotopic (exact) mass is 397 g/mol. The molecule has 0 atom stereocenters. The lowest BCUT2D eigenvalue weighted by atomic mass is 9.98. The first-order valence-corrected chi connectivity index (χ1v) is 10.1. The summed E-state index contributed by atoms with van der Waals surface area (Å²) >= 11 is 1.47. The van der Waals surface area contributed by atoms with Gasteiger partial charge >= 0.3 is 5.97 Å². The lowest BCUT2D eigenvalue weighted by Crippen LogP contribution is -2.35. The predicted octanol–water partition coefficient (Wildman–Crippen LogP) is 3.91. The Morgan fingerprint density at radius 3 is 2.75 bits per heavy atom. The summed E-state index contributed by atoms with van der Waals surface area (Å²) < 4.78 is 4.83. The molecule has 146 valence electrons. The number of carbonyl (C=O) groups excluding carboxylic acids is 2. The molecule has 0 aliphatic carbocycles. The van der Waals surface area contributed by atoms with Crippen molar-refractivity contribution in [3.63, 3.8) is 0 Å². The Morgan fingerprint density at radius 1 is 1.29 bits per heavy atom. The Morgan fingerprint density at radius 2 is 2.07 bits per heavy atom. The van der Waals surface area contributed by atoms with Gasteiger partial charge in [-0.3, -0.25) is 4.79 Å². The maximum atomic E-state index is 13.0. The molecule has 0 fully saturated rings. The number of esters is 1. The molecular formula is C21H23N3O3S. The van der Waals surface area contributed by atoms with E-state index in [0.717, 1.165) is 33.6 Å². The van der Waals surface area contributed by atoms with Gasteiger partial charge in [-0.1, -0.05) is 20.8 Å². The van der Waals surface area contributed by atoms with Gasteiger partial charge in [0.15, 0.2) is 0 Å². The molecule has 3 aromatic rings. The van der Waals surface area contributed by atoms with Gasteiger partial charge in [0.25, 0.3) is 5.91 Å². The van der Waals surface area contributed by atoms with E-state index in [1.54, 1.807) is 12.3 Å². The number of nitrogens with zero attached hydrogens (tertiary/aromatic N) is 2. The fourth-order valence-corrected chi connectivity index (χ4v) is 4.45. The zero-order chi connectivity index (χ0) is 20.1. The molecule has 7 heteroatoms. The summed E-state index contributed by atoms with van der Waals surface area (Å²) in [6.45, 7) is 7.46. The third-order valence-electron chi connectivity index (χ3n) is 5.04. The van der Waals surface area contributed by atoms with Crippen LogP contribution in [0.2, 0.25) is 0 Å². The number of amides is 1. The lowest BCUT2D eigenvalue weighted by Gasteiger charge is -2.26. The Labute approximate surface area is 167 Å². The molecule has 1 amide bonds. The minimum absolute atomic E-state index is 0.0112. The number of fused-ring (bicyclic) bond motifs is 3. The van der Waals surface area contributed by atoms with Crippen LogP contribution in [0.4, 0.5) is 0 Å². The smallest absolute Gasteiger partial charge is 0.337 e. The van der Waals surface area contributed by atoms with Crippen LogP contribution in [0.1, 0.15) is 57.1 Å². The summed E-state index contributed by atoms with van der Waals surface area (Å²) in [7, 11) is 1.38. The number of ether oxygens (including phenoxy) is 1. The van der Waals surface area contributed by atoms with Gasteiger partial charge in [0.2, 0.25) is 0 Å². The van der Waals surface area contributed by atoms with Gasteiger partial charge in [-0.15, -0.1) is 11.3 Å². The molecule has 2 aromatic heterocycles. The molecule has 0 unspecified atom stereocenters. The molecule has 0 saturated heterocycles. The van der Waals surface area contributed by atoms with Crippen molar-refractivity contribution in [2.24, 2.45) is 0 Å². The van der Waals surface area contributed by atoms with E-state index in [0.29, 0.717) is 23.5 Å². The maximum Gasteiger partial charge on any atom is 0.337 e. The molecule has 0 bridgehead atoms. The van der Waals surface area contributed by atoms with Crippen LogP contribution in [0.15, 0.2) is 24.4 Å². The molecule has 1 aromatic carbocycles. The Kier molecular flexibility index (Phi) is 4.50. The van der Waals surface area contributed by atoms with E-state index in [9.17, 15) is 9.59 Å². The number of hydrogen-bond donors (Lipinski definition) is 1. The molecule has 4 rings (SSSR count). The van der Waals surface area contributed by atoms with Crippen molar-refractivity contribution >= 4 is 34.1 Å². The highest BCUT2D eigenvalue weighted by Crippen LogP contribution is 2.31. The van der Waals surface area contributed by atoms with E-state index in [1.165, 1.54) is 18.4 Å². The standard InChI is InChI=1S/C21H23N3O3S/c1-21(2,3)20-22-10-17(28-20)18(25)24-8-7-16-14(11-24)13-9-12(19(26)27-4)5-6-15(13)23-16/h5-6,9-10,23H,7-8,11H2,1-4H3. The Bertz CT molecular complexity index is 1070. The number of nitrogens with one attached hydrogen (secondary N) is 1. The highest BCUT2D eigenvalue weighted by molar-refractivity contribution is 7.13. The van der Waals surface area contributed by atoms with Crippen LogP contribution in [0, 0.1) is 0 Å². The first-order chi connectivity index (χ1) is 13.3. The third kappa shape index (κ3) is 3.20. The number of aromatic nitrogens is 2. The summed E-state index contributed by atoms with van der Waals surface area (Å²) in [5, 5.41) is 1.93. The van der Waals surface area contributed by atoms with Gasteiger partial charge in [0, 0.05) is 47.1 Å². The lowest BCUT2D eigenvalue weighted by molar-refractivity contribution is 0.0600. The molecule has 0 radical (unpaired) electrons. The highest BCUT2D eigenvalue weighted by Gasteiger charge is 2.28. The Balaban J connectivity index is 1.64. The zero-order valence-electron chi connectivity index (χ0n) is 16.5. The summed E-state index contributed by atoms with van der Waals surface area (Å²) in [6, 6.07) is 5.49. The van der Waals surface area contributed by atoms with Gasteiger partial charge in [-0.2, -0.15) is 0 Å². The number of aromatic amines is 1. The zero-order valence-corrected chi connectivity index (χ0v) is 17.3. The molecule has 1 aliphatic heterocycles. The Hall–Kier alpha value is -2.67. The maximum absolute atomic E-state index is 13.0. The van der Waals surface area contributed by atoms with Crippen molar-refractivity contribution in [2.45, 2.75) is 39.2 Å². The average molecular weight is 398 g/mol. The van der Waals surface area contributed by atoms with Gasteiger partial charge in [-0.25, -0.2) is 9.78 Å². The van der Waals surface area contributed by atoms with E-state index in [1.807, 2.05) is 17.0 Å². The van der Waals surface area contributed by atoms with E-state index >= 15 is 0 Å². The molecule has 3 heterocycles. The van der Waals surface area contributed by atoms with E-state index < -0.39 is 0 Å². The van der Waals surface area contributed by atoms with Crippen LogP contribution >= 0.6 is 11.3 Å². The number of carbonyl (C=O) groups is 2. The predicted molar refractivity (Wildman–Crippen MR) is 109 cm³/mol. The van der Waals surface area contributed by atoms with Crippen LogP contribution in [-0.2, 0) is 23.1 Å². The minimum atomic E-state index is -0.361. The third-order valence-corrected chi connectivity index (χ3v) is 6.45. The topological polar surface area (TPSA) is 75.3 Å². The summed E-state index contributed by atoms with van der Waals surface area (Å²) in [5.41, 5.74) is 3.61. The summed E-state index contributed by atoms with van der Waals surface area (Å²) in [5.74, 6) is -0.350. The second-order valence-corrected chi connectivity index (χ2v) is 9.12. The van der Waals surface area contributed by atoms with Gasteiger partial charge in [0.1, 0.15) is 4.88 Å². The van der Waals surface area contributed by atoms with Crippen LogP contribution < -0.4 is 0 Å². The molecule has 6 nitrogen and oxygen atoms in total.